The van der Waals surface area contributed by atoms with Crippen LogP contribution in [0.15, 0.2) is 17.6 Å². The van der Waals surface area contributed by atoms with Crippen LogP contribution in [0.4, 0.5) is 0 Å². The minimum atomic E-state index is 0.670. The van der Waals surface area contributed by atoms with E-state index in [0.717, 1.165) is 11.7 Å². The summed E-state index contributed by atoms with van der Waals surface area (Å²) in [6.07, 6.45) is 10.3. The molecular weight excluding hydrogens is 218 g/mol. The van der Waals surface area contributed by atoms with Gasteiger partial charge in [0.2, 0.25) is 0 Å². The Kier molecular flexibility index (Phi) is 4.72. The lowest BCUT2D eigenvalue weighted by Crippen LogP contribution is -2.40. The Morgan fingerprint density at radius 1 is 1.50 bits per heavy atom. The molecule has 2 rings (SSSR count). The minimum absolute atomic E-state index is 0.670. The van der Waals surface area contributed by atoms with Gasteiger partial charge < -0.3 is 10.3 Å². The highest BCUT2D eigenvalue weighted by atomic mass is 32.2. The van der Waals surface area contributed by atoms with Crippen molar-refractivity contribution in [1.29, 1.82) is 0 Å². The predicted octanol–water partition coefficient (Wildman–Crippen LogP) is 2.81. The Hall–Kier alpha value is -0.480. The van der Waals surface area contributed by atoms with Crippen molar-refractivity contribution in [3.05, 3.63) is 12.4 Å². The molecule has 2 unspecified atom stereocenters. The molecule has 1 saturated carbocycles. The summed E-state index contributed by atoms with van der Waals surface area (Å²) in [5, 5.41) is 5.42. The summed E-state index contributed by atoms with van der Waals surface area (Å²) in [6.45, 7) is 3.37. The van der Waals surface area contributed by atoms with E-state index in [1.54, 1.807) is 0 Å². The fourth-order valence-electron chi connectivity index (χ4n) is 2.26. The molecule has 0 saturated heterocycles. The van der Waals surface area contributed by atoms with Crippen LogP contribution in [0.2, 0.25) is 0 Å². The number of imidazole rings is 1. The van der Waals surface area contributed by atoms with E-state index in [2.05, 4.69) is 22.2 Å². The van der Waals surface area contributed by atoms with Crippen molar-refractivity contribution < 1.29 is 0 Å². The summed E-state index contributed by atoms with van der Waals surface area (Å²) in [4.78, 5) is 7.49. The third-order valence-electron chi connectivity index (χ3n) is 3.10. The fourth-order valence-corrected chi connectivity index (χ4v) is 3.49. The number of nitrogens with zero attached hydrogens (tertiary/aromatic N) is 1. The van der Waals surface area contributed by atoms with E-state index in [-0.39, 0.29) is 0 Å². The number of aromatic amines is 1. The molecule has 90 valence electrons. The first kappa shape index (κ1) is 12.0. The molecule has 1 fully saturated rings. The van der Waals surface area contributed by atoms with Crippen molar-refractivity contribution in [2.24, 2.45) is 0 Å². The van der Waals surface area contributed by atoms with Crippen LogP contribution in [0, 0.1) is 0 Å². The molecule has 1 aromatic heterocycles. The number of hydrogen-bond donors (Lipinski definition) is 2. The van der Waals surface area contributed by atoms with Crippen molar-refractivity contribution in [1.82, 2.24) is 15.3 Å². The Morgan fingerprint density at radius 3 is 3.12 bits per heavy atom. The van der Waals surface area contributed by atoms with E-state index < -0.39 is 0 Å². The Morgan fingerprint density at radius 2 is 2.38 bits per heavy atom. The zero-order valence-electron chi connectivity index (χ0n) is 9.91. The molecule has 0 aromatic carbocycles. The van der Waals surface area contributed by atoms with Crippen LogP contribution in [0.25, 0.3) is 0 Å². The van der Waals surface area contributed by atoms with Crippen LogP contribution in [0.3, 0.4) is 0 Å². The maximum absolute atomic E-state index is 4.30. The first-order valence-electron chi connectivity index (χ1n) is 6.29. The van der Waals surface area contributed by atoms with Crippen molar-refractivity contribution in [2.45, 2.75) is 55.5 Å². The molecule has 1 aliphatic rings. The molecule has 3 nitrogen and oxygen atoms in total. The monoisotopic (exact) mass is 239 g/mol. The molecular formula is C12H21N3S. The summed E-state index contributed by atoms with van der Waals surface area (Å²) in [7, 11) is 0. The molecule has 16 heavy (non-hydrogen) atoms. The molecule has 1 aliphatic carbocycles. The molecule has 1 heterocycles. The van der Waals surface area contributed by atoms with Crippen molar-refractivity contribution >= 4 is 11.8 Å². The third-order valence-corrected chi connectivity index (χ3v) is 4.41. The smallest absolute Gasteiger partial charge is 0.165 e. The van der Waals surface area contributed by atoms with Gasteiger partial charge in [-0.1, -0.05) is 31.5 Å². The lowest BCUT2D eigenvalue weighted by Gasteiger charge is -2.31. The van der Waals surface area contributed by atoms with Gasteiger partial charge in [0, 0.05) is 23.7 Å². The van der Waals surface area contributed by atoms with E-state index in [9.17, 15) is 0 Å². The van der Waals surface area contributed by atoms with Gasteiger partial charge in [-0.3, -0.25) is 0 Å². The molecule has 0 spiro atoms. The lowest BCUT2D eigenvalue weighted by molar-refractivity contribution is 0.384. The third kappa shape index (κ3) is 3.25. The first-order valence-corrected chi connectivity index (χ1v) is 7.17. The molecule has 0 radical (unpaired) electrons. The highest BCUT2D eigenvalue weighted by Gasteiger charge is 2.25. The molecule has 4 heteroatoms. The number of nitrogens with one attached hydrogen (secondary N) is 2. The average molecular weight is 239 g/mol. The zero-order chi connectivity index (χ0) is 11.2. The van der Waals surface area contributed by atoms with Gasteiger partial charge in [0.1, 0.15) is 0 Å². The standard InChI is InChI=1S/C12H21N3S/c1-2-7-13-10-5-3-4-6-11(10)16-12-14-8-9-15-12/h8-11,13H,2-7H2,1H3,(H,14,15). The van der Waals surface area contributed by atoms with Crippen LogP contribution in [0.5, 0.6) is 0 Å². The van der Waals surface area contributed by atoms with Crippen molar-refractivity contribution in [2.75, 3.05) is 6.54 Å². The summed E-state index contributed by atoms with van der Waals surface area (Å²) in [6, 6.07) is 0.670. The molecule has 2 N–H and O–H groups in total. The zero-order valence-corrected chi connectivity index (χ0v) is 10.7. The van der Waals surface area contributed by atoms with Gasteiger partial charge in [-0.15, -0.1) is 0 Å². The summed E-state index contributed by atoms with van der Waals surface area (Å²) < 4.78 is 0. The SMILES string of the molecule is CCCNC1CCCCC1Sc1ncc[nH]1. The summed E-state index contributed by atoms with van der Waals surface area (Å²) >= 11 is 1.90. The highest BCUT2D eigenvalue weighted by Crippen LogP contribution is 2.32. The number of rotatable bonds is 5. The maximum Gasteiger partial charge on any atom is 0.165 e. The first-order chi connectivity index (χ1) is 7.90. The van der Waals surface area contributed by atoms with Crippen molar-refractivity contribution in [3.8, 4) is 0 Å². The quantitative estimate of drug-likeness (QED) is 0.830. The van der Waals surface area contributed by atoms with Crippen LogP contribution in [-0.4, -0.2) is 27.8 Å². The fraction of sp³-hybridized carbons (Fsp3) is 0.750. The van der Waals surface area contributed by atoms with Gasteiger partial charge in [-0.2, -0.15) is 0 Å². The van der Waals surface area contributed by atoms with E-state index in [0.29, 0.717) is 11.3 Å². The molecule has 1 aromatic rings. The molecule has 0 amide bonds. The Balaban J connectivity index is 1.88. The van der Waals surface area contributed by atoms with Crippen LogP contribution >= 0.6 is 11.8 Å². The number of hydrogen-bond acceptors (Lipinski definition) is 3. The Bertz CT molecular complexity index is 286. The number of thioether (sulfide) groups is 1. The van der Waals surface area contributed by atoms with Crippen LogP contribution in [-0.2, 0) is 0 Å². The van der Waals surface area contributed by atoms with E-state index >= 15 is 0 Å². The molecule has 0 bridgehead atoms. The van der Waals surface area contributed by atoms with Crippen molar-refractivity contribution in [3.63, 3.8) is 0 Å². The molecule has 2 atom stereocenters. The molecule has 0 aliphatic heterocycles. The van der Waals surface area contributed by atoms with Gasteiger partial charge in [0.05, 0.1) is 0 Å². The van der Waals surface area contributed by atoms with Crippen LogP contribution < -0.4 is 5.32 Å². The normalized spacial score (nSPS) is 25.8. The topological polar surface area (TPSA) is 40.7 Å². The second-order valence-corrected chi connectivity index (χ2v) is 5.62. The van der Waals surface area contributed by atoms with Gasteiger partial charge in [-0.05, 0) is 25.8 Å². The van der Waals surface area contributed by atoms with Gasteiger partial charge in [0.25, 0.3) is 0 Å². The van der Waals surface area contributed by atoms with Crippen LogP contribution in [0.1, 0.15) is 39.0 Å². The Labute approximate surface area is 102 Å². The lowest BCUT2D eigenvalue weighted by atomic mass is 9.95. The largest absolute Gasteiger partial charge is 0.340 e. The predicted molar refractivity (Wildman–Crippen MR) is 68.8 cm³/mol. The second-order valence-electron chi connectivity index (χ2n) is 4.40. The van der Waals surface area contributed by atoms with Gasteiger partial charge in [-0.25, -0.2) is 4.98 Å². The van der Waals surface area contributed by atoms with E-state index in [1.165, 1.54) is 32.1 Å². The summed E-state index contributed by atoms with van der Waals surface area (Å²) in [5.74, 6) is 0. The maximum atomic E-state index is 4.30. The summed E-state index contributed by atoms with van der Waals surface area (Å²) in [5.41, 5.74) is 0. The van der Waals surface area contributed by atoms with E-state index in [1.807, 2.05) is 24.2 Å². The van der Waals surface area contributed by atoms with Gasteiger partial charge in [0.15, 0.2) is 5.16 Å². The average Bonchev–Trinajstić information content (AvgIpc) is 2.81. The van der Waals surface area contributed by atoms with E-state index in [4.69, 9.17) is 0 Å². The number of aromatic nitrogens is 2. The van der Waals surface area contributed by atoms with Gasteiger partial charge >= 0.3 is 0 Å². The highest BCUT2D eigenvalue weighted by molar-refractivity contribution is 7.99. The second kappa shape index (κ2) is 6.30. The number of H-pyrrole nitrogens is 1. The minimum Gasteiger partial charge on any atom is -0.340 e.